The Morgan fingerprint density at radius 2 is 1.88 bits per heavy atom. The Kier molecular flexibility index (Phi) is 4.69. The van der Waals surface area contributed by atoms with E-state index >= 15 is 0 Å². The first-order valence-corrected chi connectivity index (χ1v) is 8.82. The second-order valence-electron chi connectivity index (χ2n) is 7.81. The van der Waals surface area contributed by atoms with Crippen LogP contribution >= 0.6 is 0 Å². The molecule has 25 heavy (non-hydrogen) atoms. The molecule has 0 spiro atoms. The Hall–Kier alpha value is -2.14. The zero-order valence-electron chi connectivity index (χ0n) is 15.7. The number of morpholine rings is 1. The van der Waals surface area contributed by atoms with Gasteiger partial charge in [0.05, 0.1) is 18.2 Å². The number of amides is 1. The molecule has 1 aromatic carbocycles. The van der Waals surface area contributed by atoms with Gasteiger partial charge in [-0.25, -0.2) is 0 Å². The summed E-state index contributed by atoms with van der Waals surface area (Å²) in [4.78, 5) is 14.9. The minimum Gasteiger partial charge on any atom is -0.367 e. The van der Waals surface area contributed by atoms with Crippen LogP contribution in [-0.4, -0.2) is 39.8 Å². The second-order valence-corrected chi connectivity index (χ2v) is 7.81. The molecule has 0 saturated carbocycles. The van der Waals surface area contributed by atoms with Gasteiger partial charge in [-0.05, 0) is 46.2 Å². The van der Waals surface area contributed by atoms with Crippen LogP contribution in [-0.2, 0) is 10.3 Å². The van der Waals surface area contributed by atoms with Crippen molar-refractivity contribution in [2.24, 2.45) is 0 Å². The molecule has 5 nitrogen and oxygen atoms in total. The highest BCUT2D eigenvalue weighted by molar-refractivity contribution is 5.92. The number of carbonyl (C=O) groups is 1. The molecule has 1 aromatic heterocycles. The molecule has 2 aromatic rings. The highest BCUT2D eigenvalue weighted by Gasteiger charge is 2.31. The van der Waals surface area contributed by atoms with E-state index in [2.05, 4.69) is 25.9 Å². The van der Waals surface area contributed by atoms with Crippen molar-refractivity contribution >= 4 is 5.91 Å². The third-order valence-electron chi connectivity index (χ3n) is 4.46. The monoisotopic (exact) mass is 341 g/mol. The molecule has 0 N–H and O–H groups in total. The standard InChI is InChI=1S/C20H27N3O2/c1-14-11-17(21-23(14)20(3,4)5)19(24)22-12-15(2)25-18(13-22)16-9-7-6-8-10-16/h6-11,15,18H,12-13H2,1-5H3. The molecule has 5 heteroatoms. The number of ether oxygens (including phenoxy) is 1. The van der Waals surface area contributed by atoms with E-state index in [1.165, 1.54) is 0 Å². The van der Waals surface area contributed by atoms with Crippen LogP contribution in [0.3, 0.4) is 0 Å². The summed E-state index contributed by atoms with van der Waals surface area (Å²) in [6.45, 7) is 11.4. The molecule has 1 fully saturated rings. The fourth-order valence-corrected chi connectivity index (χ4v) is 3.39. The molecule has 1 aliphatic rings. The number of rotatable bonds is 2. The van der Waals surface area contributed by atoms with Gasteiger partial charge in [0.25, 0.3) is 5.91 Å². The number of carbonyl (C=O) groups excluding carboxylic acids is 1. The first kappa shape index (κ1) is 17.7. The lowest BCUT2D eigenvalue weighted by Crippen LogP contribution is -2.46. The normalized spacial score (nSPS) is 21.4. The second kappa shape index (κ2) is 6.64. The number of benzene rings is 1. The predicted octanol–water partition coefficient (Wildman–Crippen LogP) is 3.55. The smallest absolute Gasteiger partial charge is 0.274 e. The van der Waals surface area contributed by atoms with Crippen LogP contribution in [0.2, 0.25) is 0 Å². The molecule has 134 valence electrons. The van der Waals surface area contributed by atoms with Gasteiger partial charge in [-0.3, -0.25) is 9.48 Å². The van der Waals surface area contributed by atoms with Crippen molar-refractivity contribution in [2.45, 2.75) is 52.4 Å². The average molecular weight is 341 g/mol. The first-order chi connectivity index (χ1) is 11.8. The largest absolute Gasteiger partial charge is 0.367 e. The maximum absolute atomic E-state index is 13.0. The van der Waals surface area contributed by atoms with Gasteiger partial charge in [-0.1, -0.05) is 30.3 Å². The third-order valence-corrected chi connectivity index (χ3v) is 4.46. The Bertz CT molecular complexity index is 746. The van der Waals surface area contributed by atoms with Crippen molar-refractivity contribution in [3.8, 4) is 0 Å². The molecule has 2 unspecified atom stereocenters. The Morgan fingerprint density at radius 1 is 1.20 bits per heavy atom. The maximum atomic E-state index is 13.0. The summed E-state index contributed by atoms with van der Waals surface area (Å²) in [5, 5.41) is 4.56. The lowest BCUT2D eigenvalue weighted by Gasteiger charge is -2.36. The van der Waals surface area contributed by atoms with Gasteiger partial charge in [0.1, 0.15) is 6.10 Å². The summed E-state index contributed by atoms with van der Waals surface area (Å²) in [6.07, 6.45) is -0.103. The Labute approximate surface area is 149 Å². The van der Waals surface area contributed by atoms with E-state index < -0.39 is 0 Å². The molecule has 2 heterocycles. The van der Waals surface area contributed by atoms with Gasteiger partial charge in [-0.15, -0.1) is 0 Å². The average Bonchev–Trinajstić information content (AvgIpc) is 2.96. The zero-order chi connectivity index (χ0) is 18.2. The topological polar surface area (TPSA) is 47.4 Å². The lowest BCUT2D eigenvalue weighted by molar-refractivity contribution is -0.0693. The summed E-state index contributed by atoms with van der Waals surface area (Å²) in [7, 11) is 0. The van der Waals surface area contributed by atoms with E-state index in [-0.39, 0.29) is 23.7 Å². The van der Waals surface area contributed by atoms with Crippen LogP contribution in [0, 0.1) is 6.92 Å². The number of aryl methyl sites for hydroxylation is 1. The van der Waals surface area contributed by atoms with Crippen molar-refractivity contribution in [1.82, 2.24) is 14.7 Å². The molecule has 0 radical (unpaired) electrons. The van der Waals surface area contributed by atoms with Gasteiger partial charge < -0.3 is 9.64 Å². The molecule has 0 bridgehead atoms. The van der Waals surface area contributed by atoms with Crippen molar-refractivity contribution in [3.05, 3.63) is 53.3 Å². The van der Waals surface area contributed by atoms with E-state index in [9.17, 15) is 4.79 Å². The van der Waals surface area contributed by atoms with Crippen molar-refractivity contribution in [3.63, 3.8) is 0 Å². The van der Waals surface area contributed by atoms with Gasteiger partial charge in [0, 0.05) is 12.2 Å². The highest BCUT2D eigenvalue weighted by Crippen LogP contribution is 2.26. The maximum Gasteiger partial charge on any atom is 0.274 e. The van der Waals surface area contributed by atoms with Crippen LogP contribution in [0.4, 0.5) is 0 Å². The summed E-state index contributed by atoms with van der Waals surface area (Å²) >= 11 is 0. The van der Waals surface area contributed by atoms with Gasteiger partial charge >= 0.3 is 0 Å². The minimum absolute atomic E-state index is 0.00583. The zero-order valence-corrected chi connectivity index (χ0v) is 15.7. The highest BCUT2D eigenvalue weighted by atomic mass is 16.5. The number of aromatic nitrogens is 2. The Morgan fingerprint density at radius 3 is 2.48 bits per heavy atom. The van der Waals surface area contributed by atoms with Crippen molar-refractivity contribution in [2.75, 3.05) is 13.1 Å². The first-order valence-electron chi connectivity index (χ1n) is 8.82. The van der Waals surface area contributed by atoms with Crippen molar-refractivity contribution in [1.29, 1.82) is 0 Å². The summed E-state index contributed by atoms with van der Waals surface area (Å²) in [5.74, 6) is -0.0258. The molecular formula is C20H27N3O2. The van der Waals surface area contributed by atoms with Crippen LogP contribution in [0.25, 0.3) is 0 Å². The third kappa shape index (κ3) is 3.76. The number of hydrogen-bond acceptors (Lipinski definition) is 3. The van der Waals surface area contributed by atoms with E-state index in [4.69, 9.17) is 4.74 Å². The van der Waals surface area contributed by atoms with Crippen LogP contribution < -0.4 is 0 Å². The molecular weight excluding hydrogens is 314 g/mol. The summed E-state index contributed by atoms with van der Waals surface area (Å²) in [5.41, 5.74) is 2.46. The van der Waals surface area contributed by atoms with E-state index in [0.717, 1.165) is 11.3 Å². The fraction of sp³-hybridized carbons (Fsp3) is 0.500. The quantitative estimate of drug-likeness (QED) is 0.839. The molecule has 2 atom stereocenters. The van der Waals surface area contributed by atoms with Gasteiger partial charge in [0.15, 0.2) is 5.69 Å². The summed E-state index contributed by atoms with van der Waals surface area (Å²) < 4.78 is 7.97. The van der Waals surface area contributed by atoms with Gasteiger partial charge in [0.2, 0.25) is 0 Å². The van der Waals surface area contributed by atoms with E-state index in [1.807, 2.05) is 59.8 Å². The SMILES string of the molecule is Cc1cc(C(=O)N2CC(C)OC(c3ccccc3)C2)nn1C(C)(C)C. The van der Waals surface area contributed by atoms with Crippen LogP contribution in [0.15, 0.2) is 36.4 Å². The minimum atomic E-state index is -0.145. The lowest BCUT2D eigenvalue weighted by atomic mass is 10.1. The van der Waals surface area contributed by atoms with E-state index in [0.29, 0.717) is 18.8 Å². The molecule has 0 aliphatic carbocycles. The van der Waals surface area contributed by atoms with Gasteiger partial charge in [-0.2, -0.15) is 5.10 Å². The fourth-order valence-electron chi connectivity index (χ4n) is 3.39. The molecule has 1 amide bonds. The van der Waals surface area contributed by atoms with E-state index in [1.54, 1.807) is 0 Å². The number of hydrogen-bond donors (Lipinski definition) is 0. The number of nitrogens with zero attached hydrogens (tertiary/aromatic N) is 3. The Balaban J connectivity index is 1.82. The molecule has 3 rings (SSSR count). The van der Waals surface area contributed by atoms with Crippen LogP contribution in [0.5, 0.6) is 0 Å². The van der Waals surface area contributed by atoms with Crippen LogP contribution in [0.1, 0.15) is 55.5 Å². The summed E-state index contributed by atoms with van der Waals surface area (Å²) in [6, 6.07) is 12.0. The van der Waals surface area contributed by atoms with Crippen molar-refractivity contribution < 1.29 is 9.53 Å². The molecule has 1 saturated heterocycles. The molecule has 1 aliphatic heterocycles. The predicted molar refractivity (Wildman–Crippen MR) is 97.6 cm³/mol.